The normalized spacial score (nSPS) is 12.6. The topological polar surface area (TPSA) is 25.2 Å². The molecule has 1 atom stereocenters. The molecule has 0 saturated heterocycles. The van der Waals surface area contributed by atoms with Crippen LogP contribution >= 0.6 is 11.6 Å². The Balaban J connectivity index is 2.18. The van der Waals surface area contributed by atoms with Crippen molar-refractivity contribution >= 4 is 11.6 Å². The van der Waals surface area contributed by atoms with Crippen molar-refractivity contribution in [2.75, 3.05) is 6.54 Å². The second-order valence-electron chi connectivity index (χ2n) is 4.55. The quantitative estimate of drug-likeness (QED) is 0.885. The third-order valence-corrected chi connectivity index (χ3v) is 3.25. The molecule has 1 heterocycles. The summed E-state index contributed by atoms with van der Waals surface area (Å²) in [6.07, 6.45) is 0.792. The average Bonchev–Trinajstić information content (AvgIpc) is 2.81. The molecule has 0 aliphatic carbocycles. The molecule has 2 aromatic rings. The molecule has 2 nitrogen and oxygen atoms in total. The van der Waals surface area contributed by atoms with Crippen molar-refractivity contribution in [3.05, 3.63) is 46.9 Å². The van der Waals surface area contributed by atoms with Crippen LogP contribution in [-0.2, 0) is 6.42 Å². The first-order valence-electron chi connectivity index (χ1n) is 6.37. The van der Waals surface area contributed by atoms with Gasteiger partial charge in [0.05, 0.1) is 5.02 Å². The Morgan fingerprint density at radius 3 is 2.84 bits per heavy atom. The van der Waals surface area contributed by atoms with Gasteiger partial charge < -0.3 is 9.73 Å². The molecule has 0 saturated carbocycles. The van der Waals surface area contributed by atoms with Crippen LogP contribution < -0.4 is 5.32 Å². The lowest BCUT2D eigenvalue weighted by Crippen LogP contribution is -2.27. The maximum absolute atomic E-state index is 13.2. The molecule has 0 amide bonds. The smallest absolute Gasteiger partial charge is 0.135 e. The molecule has 0 aliphatic rings. The SMILES string of the molecule is CCNC(C)Cc1ccc(-c2cc(F)ccc2Cl)o1. The van der Waals surface area contributed by atoms with Gasteiger partial charge in [0.15, 0.2) is 0 Å². The van der Waals surface area contributed by atoms with Crippen molar-refractivity contribution < 1.29 is 8.81 Å². The fourth-order valence-corrected chi connectivity index (χ4v) is 2.25. The zero-order valence-corrected chi connectivity index (χ0v) is 11.8. The highest BCUT2D eigenvalue weighted by atomic mass is 35.5. The predicted octanol–water partition coefficient (Wildman–Crippen LogP) is 4.28. The van der Waals surface area contributed by atoms with E-state index < -0.39 is 0 Å². The summed E-state index contributed by atoms with van der Waals surface area (Å²) in [5.74, 6) is 1.14. The second kappa shape index (κ2) is 6.22. The molecule has 0 radical (unpaired) electrons. The van der Waals surface area contributed by atoms with Gasteiger partial charge in [0.2, 0.25) is 0 Å². The van der Waals surface area contributed by atoms with Gasteiger partial charge in [-0.3, -0.25) is 0 Å². The van der Waals surface area contributed by atoms with Crippen molar-refractivity contribution in [3.63, 3.8) is 0 Å². The number of rotatable bonds is 5. The molecule has 19 heavy (non-hydrogen) atoms. The average molecular weight is 282 g/mol. The van der Waals surface area contributed by atoms with Crippen molar-refractivity contribution in [3.8, 4) is 11.3 Å². The van der Waals surface area contributed by atoms with Gasteiger partial charge in [-0.25, -0.2) is 4.39 Å². The van der Waals surface area contributed by atoms with Gasteiger partial charge in [0.25, 0.3) is 0 Å². The standard InChI is InChI=1S/C15H17ClFNO/c1-3-18-10(2)8-12-5-7-15(19-12)13-9-11(17)4-6-14(13)16/h4-7,9-10,18H,3,8H2,1-2H3. The summed E-state index contributed by atoms with van der Waals surface area (Å²) in [4.78, 5) is 0. The monoisotopic (exact) mass is 281 g/mol. The number of halogens is 2. The Morgan fingerprint density at radius 2 is 2.11 bits per heavy atom. The third kappa shape index (κ3) is 3.58. The molecule has 2 rings (SSSR count). The van der Waals surface area contributed by atoms with Gasteiger partial charge in [-0.2, -0.15) is 0 Å². The molecule has 4 heteroatoms. The molecular weight excluding hydrogens is 265 g/mol. The molecule has 1 aromatic carbocycles. The number of hydrogen-bond donors (Lipinski definition) is 1. The lowest BCUT2D eigenvalue weighted by Gasteiger charge is -2.09. The first kappa shape index (κ1) is 14.1. The van der Waals surface area contributed by atoms with Crippen LogP contribution in [0.5, 0.6) is 0 Å². The maximum Gasteiger partial charge on any atom is 0.135 e. The van der Waals surface area contributed by atoms with Gasteiger partial charge in [0, 0.05) is 18.0 Å². The molecule has 0 fully saturated rings. The first-order chi connectivity index (χ1) is 9.10. The van der Waals surface area contributed by atoms with Crippen LogP contribution in [0.4, 0.5) is 4.39 Å². The van der Waals surface area contributed by atoms with Crippen LogP contribution in [0.1, 0.15) is 19.6 Å². The summed E-state index contributed by atoms with van der Waals surface area (Å²) >= 11 is 6.06. The predicted molar refractivity (Wildman–Crippen MR) is 76.0 cm³/mol. The summed E-state index contributed by atoms with van der Waals surface area (Å²) in [5.41, 5.74) is 0.587. The molecule has 102 valence electrons. The van der Waals surface area contributed by atoms with Crippen LogP contribution in [0.15, 0.2) is 34.7 Å². The minimum atomic E-state index is -0.321. The van der Waals surface area contributed by atoms with E-state index in [-0.39, 0.29) is 5.82 Å². The Morgan fingerprint density at radius 1 is 1.32 bits per heavy atom. The van der Waals surface area contributed by atoms with E-state index >= 15 is 0 Å². The summed E-state index contributed by atoms with van der Waals surface area (Å²) in [5, 5.41) is 3.81. The maximum atomic E-state index is 13.2. The largest absolute Gasteiger partial charge is 0.461 e. The molecule has 1 unspecified atom stereocenters. The third-order valence-electron chi connectivity index (χ3n) is 2.92. The van der Waals surface area contributed by atoms with E-state index in [0.717, 1.165) is 18.7 Å². The van der Waals surface area contributed by atoms with Crippen LogP contribution in [-0.4, -0.2) is 12.6 Å². The lowest BCUT2D eigenvalue weighted by atomic mass is 10.1. The molecule has 0 aliphatic heterocycles. The Hall–Kier alpha value is -1.32. The minimum absolute atomic E-state index is 0.321. The van der Waals surface area contributed by atoms with E-state index in [9.17, 15) is 4.39 Å². The van der Waals surface area contributed by atoms with E-state index in [2.05, 4.69) is 19.2 Å². The fourth-order valence-electron chi connectivity index (χ4n) is 2.04. The van der Waals surface area contributed by atoms with Gasteiger partial charge in [0.1, 0.15) is 17.3 Å². The number of hydrogen-bond acceptors (Lipinski definition) is 2. The molecule has 0 bridgehead atoms. The van der Waals surface area contributed by atoms with E-state index in [1.54, 1.807) is 0 Å². The lowest BCUT2D eigenvalue weighted by molar-refractivity contribution is 0.470. The van der Waals surface area contributed by atoms with Crippen LogP contribution in [0.3, 0.4) is 0 Å². The van der Waals surface area contributed by atoms with Crippen LogP contribution in [0.2, 0.25) is 5.02 Å². The van der Waals surface area contributed by atoms with Crippen molar-refractivity contribution in [1.82, 2.24) is 5.32 Å². The summed E-state index contributed by atoms with van der Waals surface area (Å²) in [6, 6.07) is 8.34. The number of benzene rings is 1. The zero-order chi connectivity index (χ0) is 13.8. The highest BCUT2D eigenvalue weighted by Crippen LogP contribution is 2.30. The van der Waals surface area contributed by atoms with E-state index in [4.69, 9.17) is 16.0 Å². The van der Waals surface area contributed by atoms with Gasteiger partial charge in [-0.15, -0.1) is 0 Å². The molecular formula is C15H17ClFNO. The Kier molecular flexibility index (Phi) is 4.61. The highest BCUT2D eigenvalue weighted by Gasteiger charge is 2.11. The van der Waals surface area contributed by atoms with Crippen molar-refractivity contribution in [1.29, 1.82) is 0 Å². The van der Waals surface area contributed by atoms with Crippen molar-refractivity contribution in [2.24, 2.45) is 0 Å². The fraction of sp³-hybridized carbons (Fsp3) is 0.333. The molecule has 1 aromatic heterocycles. The summed E-state index contributed by atoms with van der Waals surface area (Å²) in [7, 11) is 0. The van der Waals surface area contributed by atoms with E-state index in [1.807, 2.05) is 12.1 Å². The van der Waals surface area contributed by atoms with Gasteiger partial charge in [-0.1, -0.05) is 18.5 Å². The van der Waals surface area contributed by atoms with Gasteiger partial charge in [-0.05, 0) is 43.8 Å². The Labute approximate surface area is 117 Å². The van der Waals surface area contributed by atoms with Gasteiger partial charge >= 0.3 is 0 Å². The highest BCUT2D eigenvalue weighted by molar-refractivity contribution is 6.33. The minimum Gasteiger partial charge on any atom is -0.461 e. The van der Waals surface area contributed by atoms with Crippen LogP contribution in [0, 0.1) is 5.82 Å². The molecule has 0 spiro atoms. The summed E-state index contributed by atoms with van der Waals surface area (Å²) in [6.45, 7) is 5.09. The zero-order valence-electron chi connectivity index (χ0n) is 11.0. The molecule has 1 N–H and O–H groups in total. The Bertz CT molecular complexity index is 553. The van der Waals surface area contributed by atoms with E-state index in [0.29, 0.717) is 22.4 Å². The second-order valence-corrected chi connectivity index (χ2v) is 4.96. The van der Waals surface area contributed by atoms with E-state index in [1.165, 1.54) is 18.2 Å². The first-order valence-corrected chi connectivity index (χ1v) is 6.75. The van der Waals surface area contributed by atoms with Crippen molar-refractivity contribution in [2.45, 2.75) is 26.3 Å². The number of likely N-dealkylation sites (N-methyl/N-ethyl adjacent to an activating group) is 1. The summed E-state index contributed by atoms with van der Waals surface area (Å²) < 4.78 is 19.0. The van der Waals surface area contributed by atoms with Crippen LogP contribution in [0.25, 0.3) is 11.3 Å². The number of nitrogens with one attached hydrogen (secondary N) is 1. The number of furan rings is 1.